The third-order valence-corrected chi connectivity index (χ3v) is 3.17. The maximum Gasteiger partial charge on any atom is 0.245 e. The second kappa shape index (κ2) is 6.00. The molecule has 0 spiro atoms. The molecule has 0 unspecified atom stereocenters. The summed E-state index contributed by atoms with van der Waals surface area (Å²) in [7, 11) is 0. The topological polar surface area (TPSA) is 172 Å². The van der Waals surface area contributed by atoms with E-state index in [1.165, 1.54) is 0 Å². The van der Waals surface area contributed by atoms with Crippen molar-refractivity contribution in [2.75, 3.05) is 0 Å². The summed E-state index contributed by atoms with van der Waals surface area (Å²) in [5.74, 6) is -3.15. The molecular weight excluding hydrogens is 264 g/mol. The van der Waals surface area contributed by atoms with Gasteiger partial charge in [-0.15, -0.1) is 0 Å². The average Bonchev–Trinajstić information content (AvgIpc) is 2.26. The lowest BCUT2D eigenvalue weighted by molar-refractivity contribution is -0.118. The van der Waals surface area contributed by atoms with Crippen molar-refractivity contribution in [3.05, 3.63) is 22.3 Å². The van der Waals surface area contributed by atoms with Gasteiger partial charge in [-0.2, -0.15) is 0 Å². The van der Waals surface area contributed by atoms with Crippen LogP contribution in [0.3, 0.4) is 0 Å². The molecule has 108 valence electrons. The first-order chi connectivity index (χ1) is 9.25. The zero-order valence-corrected chi connectivity index (χ0v) is 10.8. The van der Waals surface area contributed by atoms with Gasteiger partial charge in [-0.1, -0.05) is 0 Å². The molecule has 0 bridgehead atoms. The van der Waals surface area contributed by atoms with Gasteiger partial charge < -0.3 is 22.9 Å². The number of rotatable bonds is 4. The molecule has 0 aliphatic heterocycles. The van der Waals surface area contributed by atoms with E-state index in [-0.39, 0.29) is 48.0 Å². The molecule has 20 heavy (non-hydrogen) atoms. The van der Waals surface area contributed by atoms with Crippen molar-refractivity contribution in [1.29, 1.82) is 0 Å². The zero-order chi connectivity index (χ0) is 15.4. The minimum Gasteiger partial charge on any atom is -0.366 e. The molecule has 0 heterocycles. The third-order valence-electron chi connectivity index (χ3n) is 3.17. The van der Waals surface area contributed by atoms with Crippen LogP contribution in [0.15, 0.2) is 22.3 Å². The lowest BCUT2D eigenvalue weighted by atomic mass is 9.87. The summed E-state index contributed by atoms with van der Waals surface area (Å²) in [5.41, 5.74) is 21.0. The number of carbonyl (C=O) groups excluding carboxylic acids is 4. The van der Waals surface area contributed by atoms with Crippen LogP contribution in [0, 0.1) is 0 Å². The maximum absolute atomic E-state index is 11.4. The van der Waals surface area contributed by atoms with Crippen LogP contribution in [-0.4, -0.2) is 23.6 Å². The Morgan fingerprint density at radius 1 is 0.500 bits per heavy atom. The van der Waals surface area contributed by atoms with Gasteiger partial charge in [0.25, 0.3) is 0 Å². The van der Waals surface area contributed by atoms with Gasteiger partial charge in [0.1, 0.15) is 0 Å². The molecule has 4 amide bonds. The summed E-state index contributed by atoms with van der Waals surface area (Å²) in [4.78, 5) is 45.4. The predicted molar refractivity (Wildman–Crippen MR) is 69.3 cm³/mol. The van der Waals surface area contributed by atoms with Crippen molar-refractivity contribution in [1.82, 2.24) is 0 Å². The van der Waals surface area contributed by atoms with E-state index in [0.29, 0.717) is 0 Å². The smallest absolute Gasteiger partial charge is 0.245 e. The molecule has 0 aromatic rings. The van der Waals surface area contributed by atoms with Crippen molar-refractivity contribution in [3.63, 3.8) is 0 Å². The Labute approximate surface area is 114 Å². The first-order valence-electron chi connectivity index (χ1n) is 5.89. The normalized spacial score (nSPS) is 23.6. The first-order valence-corrected chi connectivity index (χ1v) is 5.89. The summed E-state index contributed by atoms with van der Waals surface area (Å²) >= 11 is 0. The fourth-order valence-electron chi connectivity index (χ4n) is 2.19. The minimum atomic E-state index is -0.787. The van der Waals surface area contributed by atoms with E-state index in [2.05, 4.69) is 0 Å². The second-order valence-electron chi connectivity index (χ2n) is 4.37. The number of amides is 4. The highest BCUT2D eigenvalue weighted by Crippen LogP contribution is 2.27. The lowest BCUT2D eigenvalue weighted by Gasteiger charge is -2.17. The van der Waals surface area contributed by atoms with Crippen molar-refractivity contribution in [3.8, 4) is 0 Å². The van der Waals surface area contributed by atoms with Crippen molar-refractivity contribution >= 4 is 23.6 Å². The van der Waals surface area contributed by atoms with E-state index < -0.39 is 23.6 Å². The van der Waals surface area contributed by atoms with Crippen LogP contribution in [0.5, 0.6) is 0 Å². The molecule has 1 aliphatic carbocycles. The monoisotopic (exact) mass is 280 g/mol. The van der Waals surface area contributed by atoms with Crippen LogP contribution >= 0.6 is 0 Å². The highest BCUT2D eigenvalue weighted by atomic mass is 16.2. The Morgan fingerprint density at radius 3 is 0.750 bits per heavy atom. The summed E-state index contributed by atoms with van der Waals surface area (Å²) in [6.45, 7) is 0. The molecule has 0 fully saturated rings. The van der Waals surface area contributed by atoms with Crippen molar-refractivity contribution in [2.45, 2.75) is 25.7 Å². The van der Waals surface area contributed by atoms with Gasteiger partial charge in [0.2, 0.25) is 23.6 Å². The van der Waals surface area contributed by atoms with Crippen LogP contribution < -0.4 is 22.9 Å². The Morgan fingerprint density at radius 2 is 0.650 bits per heavy atom. The molecule has 0 saturated heterocycles. The van der Waals surface area contributed by atoms with E-state index in [4.69, 9.17) is 22.9 Å². The molecule has 0 saturated carbocycles. The number of primary amides is 4. The van der Waals surface area contributed by atoms with Crippen LogP contribution in [0.2, 0.25) is 0 Å². The standard InChI is InChI=1S/C12H16N4O4/c13-9(17)5-1-2-6(10(14)18)8(12(16)20)4-3-7(5)11(15)19/h1-4H2,(H2,13,17)(H2,14,18)(H2,15,19)(H2,16,20)/b7-5-,8-6-. The van der Waals surface area contributed by atoms with E-state index in [9.17, 15) is 19.2 Å². The molecule has 0 radical (unpaired) electrons. The van der Waals surface area contributed by atoms with Gasteiger partial charge in [0.15, 0.2) is 0 Å². The predicted octanol–water partition coefficient (Wildman–Crippen LogP) is -1.91. The van der Waals surface area contributed by atoms with Crippen LogP contribution in [0.25, 0.3) is 0 Å². The van der Waals surface area contributed by atoms with E-state index in [0.717, 1.165) is 0 Å². The summed E-state index contributed by atoms with van der Waals surface area (Å²) in [5, 5.41) is 0. The molecule has 8 heteroatoms. The molecule has 8 N–H and O–H groups in total. The molecule has 0 aromatic heterocycles. The van der Waals surface area contributed by atoms with Gasteiger partial charge in [-0.25, -0.2) is 0 Å². The molecule has 8 nitrogen and oxygen atoms in total. The molecule has 1 aliphatic rings. The van der Waals surface area contributed by atoms with Gasteiger partial charge >= 0.3 is 0 Å². The van der Waals surface area contributed by atoms with E-state index in [1.54, 1.807) is 0 Å². The summed E-state index contributed by atoms with van der Waals surface area (Å²) in [6.07, 6.45) is 0.0106. The lowest BCUT2D eigenvalue weighted by Crippen LogP contribution is -2.28. The number of nitrogens with two attached hydrogens (primary N) is 4. The number of hydrogen-bond acceptors (Lipinski definition) is 4. The minimum absolute atomic E-state index is 0.00264. The Bertz CT molecular complexity index is 462. The number of carbonyl (C=O) groups is 4. The summed E-state index contributed by atoms with van der Waals surface area (Å²) in [6, 6.07) is 0. The van der Waals surface area contributed by atoms with E-state index >= 15 is 0 Å². The molecular formula is C12H16N4O4. The van der Waals surface area contributed by atoms with Gasteiger partial charge in [-0.3, -0.25) is 19.2 Å². The maximum atomic E-state index is 11.4. The van der Waals surface area contributed by atoms with Crippen LogP contribution in [0.4, 0.5) is 0 Å². The molecule has 1 rings (SSSR count). The Balaban J connectivity index is 3.27. The number of hydrogen-bond donors (Lipinski definition) is 4. The average molecular weight is 280 g/mol. The SMILES string of the molecule is NC(=O)/C1=C(\C(N)=O)CC/C(C(N)=O)=C(/C(N)=O)CC1. The first kappa shape index (κ1) is 15.4. The third kappa shape index (κ3) is 3.22. The van der Waals surface area contributed by atoms with Crippen LogP contribution in [0.1, 0.15) is 25.7 Å². The van der Waals surface area contributed by atoms with Gasteiger partial charge in [0, 0.05) is 22.3 Å². The summed E-state index contributed by atoms with van der Waals surface area (Å²) < 4.78 is 0. The molecule has 0 aromatic carbocycles. The van der Waals surface area contributed by atoms with Gasteiger partial charge in [-0.05, 0) is 25.7 Å². The Kier molecular flexibility index (Phi) is 4.63. The highest BCUT2D eigenvalue weighted by Gasteiger charge is 2.25. The fourth-order valence-corrected chi connectivity index (χ4v) is 2.19. The molecule has 0 atom stereocenters. The van der Waals surface area contributed by atoms with Crippen molar-refractivity contribution < 1.29 is 19.2 Å². The quantitative estimate of drug-likeness (QED) is 0.471. The second-order valence-corrected chi connectivity index (χ2v) is 4.37. The highest BCUT2D eigenvalue weighted by molar-refractivity contribution is 6.06. The largest absolute Gasteiger partial charge is 0.366 e. The zero-order valence-electron chi connectivity index (χ0n) is 10.8. The Hall–Kier alpha value is -2.64. The van der Waals surface area contributed by atoms with Gasteiger partial charge in [0.05, 0.1) is 0 Å². The van der Waals surface area contributed by atoms with E-state index in [1.807, 2.05) is 0 Å². The fraction of sp³-hybridized carbons (Fsp3) is 0.333. The van der Waals surface area contributed by atoms with Crippen molar-refractivity contribution in [2.24, 2.45) is 22.9 Å². The van der Waals surface area contributed by atoms with Crippen LogP contribution in [-0.2, 0) is 19.2 Å².